The molecule has 98 valence electrons. The summed E-state index contributed by atoms with van der Waals surface area (Å²) in [4.78, 5) is 0. The largest absolute Gasteiger partial charge is 0.394 e. The van der Waals surface area contributed by atoms with Crippen LogP contribution in [-0.4, -0.2) is 7.05 Å². The van der Waals surface area contributed by atoms with Gasteiger partial charge in [-0.15, -0.1) is 0 Å². The van der Waals surface area contributed by atoms with Crippen LogP contribution in [0.3, 0.4) is 0 Å². The van der Waals surface area contributed by atoms with Crippen molar-refractivity contribution in [3.63, 3.8) is 0 Å². The molecular formula is C19H17N. The number of benzene rings is 2. The lowest BCUT2D eigenvalue weighted by Crippen LogP contribution is -1.91. The zero-order valence-electron chi connectivity index (χ0n) is 11.6. The van der Waals surface area contributed by atoms with E-state index in [0.29, 0.717) is 0 Å². The summed E-state index contributed by atoms with van der Waals surface area (Å²) in [7, 11) is 1.86. The smallest absolute Gasteiger partial charge is 0.0327 e. The Labute approximate surface area is 120 Å². The van der Waals surface area contributed by atoms with Gasteiger partial charge >= 0.3 is 0 Å². The maximum Gasteiger partial charge on any atom is 0.0327 e. The summed E-state index contributed by atoms with van der Waals surface area (Å²) in [6, 6.07) is 14.5. The first-order valence-electron chi connectivity index (χ1n) is 6.51. The minimum atomic E-state index is 0.919. The number of rotatable bonds is 3. The molecule has 0 aliphatic carbocycles. The molecule has 0 amide bonds. The molecule has 2 rings (SSSR count). The average Bonchev–Trinajstić information content (AvgIpc) is 2.50. The molecule has 0 aliphatic heterocycles. The van der Waals surface area contributed by atoms with E-state index in [-0.39, 0.29) is 0 Å². The first-order chi connectivity index (χ1) is 9.85. The molecule has 0 aliphatic rings. The minimum absolute atomic E-state index is 0.919. The summed E-state index contributed by atoms with van der Waals surface area (Å²) in [5.74, 6) is 6.41. The molecule has 0 saturated heterocycles. The molecule has 0 fully saturated rings. The van der Waals surface area contributed by atoms with Gasteiger partial charge < -0.3 is 5.32 Å². The Hall–Kier alpha value is -2.72. The monoisotopic (exact) mass is 259 g/mol. The first kappa shape index (κ1) is 13.7. The predicted octanol–water partition coefficient (Wildman–Crippen LogP) is 4.04. The van der Waals surface area contributed by atoms with Crippen molar-refractivity contribution in [1.82, 2.24) is 5.32 Å². The summed E-state index contributed by atoms with van der Waals surface area (Å²) in [5, 5.41) is 5.35. The molecule has 0 bridgehead atoms. The Balaban J connectivity index is 2.41. The molecule has 1 N–H and O–H groups in total. The molecule has 20 heavy (non-hydrogen) atoms. The fourth-order valence-corrected chi connectivity index (χ4v) is 1.91. The van der Waals surface area contributed by atoms with Crippen molar-refractivity contribution in [2.45, 2.75) is 0 Å². The Morgan fingerprint density at radius 1 is 1.15 bits per heavy atom. The van der Waals surface area contributed by atoms with Crippen LogP contribution < -0.4 is 5.32 Å². The number of allylic oxidation sites excluding steroid dienone is 4. The second kappa shape index (κ2) is 7.01. The highest BCUT2D eigenvalue weighted by molar-refractivity contribution is 5.88. The molecule has 0 heterocycles. The number of hydrogen-bond donors (Lipinski definition) is 1. The van der Waals surface area contributed by atoms with Crippen molar-refractivity contribution >= 4 is 10.8 Å². The number of hydrogen-bond acceptors (Lipinski definition) is 1. The van der Waals surface area contributed by atoms with Crippen molar-refractivity contribution in [2.75, 3.05) is 7.05 Å². The van der Waals surface area contributed by atoms with Gasteiger partial charge in [0.2, 0.25) is 0 Å². The second-order valence-corrected chi connectivity index (χ2v) is 4.26. The number of fused-ring (bicyclic) bond motifs is 1. The molecule has 1 nitrogen and oxygen atoms in total. The molecule has 1 heteroatoms. The van der Waals surface area contributed by atoms with Crippen molar-refractivity contribution < 1.29 is 0 Å². The van der Waals surface area contributed by atoms with Crippen LogP contribution in [0.5, 0.6) is 0 Å². The highest BCUT2D eigenvalue weighted by Crippen LogP contribution is 2.17. The van der Waals surface area contributed by atoms with Crippen molar-refractivity contribution in [3.05, 3.63) is 84.6 Å². The van der Waals surface area contributed by atoms with Gasteiger partial charge in [0.05, 0.1) is 0 Å². The van der Waals surface area contributed by atoms with Gasteiger partial charge in [-0.1, -0.05) is 60.9 Å². The fourth-order valence-electron chi connectivity index (χ4n) is 1.91. The normalized spacial score (nSPS) is 11.2. The zero-order chi connectivity index (χ0) is 14.2. The van der Waals surface area contributed by atoms with E-state index in [0.717, 1.165) is 11.1 Å². The number of nitrogens with one attached hydrogen (secondary N) is 1. The van der Waals surface area contributed by atoms with Crippen LogP contribution in [0.1, 0.15) is 5.56 Å². The lowest BCUT2D eigenvalue weighted by atomic mass is 10.0. The summed E-state index contributed by atoms with van der Waals surface area (Å²) in [6.07, 6.45) is 7.42. The SMILES string of the molecule is C=C/C=C(C#Cc1cccc2ccccc12)\C=C/NC. The van der Waals surface area contributed by atoms with Gasteiger partial charge in [0.25, 0.3) is 0 Å². The van der Waals surface area contributed by atoms with Crippen molar-refractivity contribution in [2.24, 2.45) is 0 Å². The zero-order valence-corrected chi connectivity index (χ0v) is 11.6. The second-order valence-electron chi connectivity index (χ2n) is 4.26. The quantitative estimate of drug-likeness (QED) is 0.648. The first-order valence-corrected chi connectivity index (χ1v) is 6.51. The van der Waals surface area contributed by atoms with E-state index in [1.807, 2.05) is 49.7 Å². The predicted molar refractivity (Wildman–Crippen MR) is 87.3 cm³/mol. The summed E-state index contributed by atoms with van der Waals surface area (Å²) >= 11 is 0. The average molecular weight is 259 g/mol. The molecule has 0 atom stereocenters. The summed E-state index contributed by atoms with van der Waals surface area (Å²) < 4.78 is 0. The van der Waals surface area contributed by atoms with Gasteiger partial charge in [0, 0.05) is 18.2 Å². The molecule has 2 aromatic carbocycles. The fraction of sp³-hybridized carbons (Fsp3) is 0.0526. The minimum Gasteiger partial charge on any atom is -0.394 e. The summed E-state index contributed by atoms with van der Waals surface area (Å²) in [5.41, 5.74) is 1.96. The third-order valence-corrected chi connectivity index (χ3v) is 2.86. The van der Waals surface area contributed by atoms with Gasteiger partial charge in [0.1, 0.15) is 0 Å². The Bertz CT molecular complexity index is 719. The van der Waals surface area contributed by atoms with Crippen LogP contribution in [0.2, 0.25) is 0 Å². The molecule has 2 aromatic rings. The van der Waals surface area contributed by atoms with Gasteiger partial charge in [-0.2, -0.15) is 0 Å². The third kappa shape index (κ3) is 3.40. The third-order valence-electron chi connectivity index (χ3n) is 2.86. The van der Waals surface area contributed by atoms with Gasteiger partial charge in [-0.05, 0) is 35.2 Å². The van der Waals surface area contributed by atoms with E-state index < -0.39 is 0 Å². The molecular weight excluding hydrogens is 242 g/mol. The van der Waals surface area contributed by atoms with Gasteiger partial charge in [-0.3, -0.25) is 0 Å². The highest BCUT2D eigenvalue weighted by atomic mass is 14.8. The van der Waals surface area contributed by atoms with E-state index in [9.17, 15) is 0 Å². The van der Waals surface area contributed by atoms with Crippen molar-refractivity contribution in [1.29, 1.82) is 0 Å². The maximum absolute atomic E-state index is 3.72. The molecule has 0 radical (unpaired) electrons. The van der Waals surface area contributed by atoms with Crippen LogP contribution in [0.15, 0.2) is 79.0 Å². The molecule has 0 unspecified atom stereocenters. The van der Waals surface area contributed by atoms with E-state index in [1.54, 1.807) is 6.08 Å². The lowest BCUT2D eigenvalue weighted by molar-refractivity contribution is 1.10. The molecule has 0 saturated carbocycles. The summed E-state index contributed by atoms with van der Waals surface area (Å²) in [6.45, 7) is 3.72. The molecule has 0 spiro atoms. The van der Waals surface area contributed by atoms with Crippen LogP contribution in [0, 0.1) is 11.8 Å². The maximum atomic E-state index is 3.72. The van der Waals surface area contributed by atoms with Crippen LogP contribution >= 0.6 is 0 Å². The van der Waals surface area contributed by atoms with Crippen molar-refractivity contribution in [3.8, 4) is 11.8 Å². The van der Waals surface area contributed by atoms with Crippen LogP contribution in [0.4, 0.5) is 0 Å². The van der Waals surface area contributed by atoms with Crippen LogP contribution in [0.25, 0.3) is 10.8 Å². The van der Waals surface area contributed by atoms with Crippen LogP contribution in [-0.2, 0) is 0 Å². The molecule has 0 aromatic heterocycles. The van der Waals surface area contributed by atoms with E-state index in [1.165, 1.54) is 10.8 Å². The van der Waals surface area contributed by atoms with E-state index in [4.69, 9.17) is 0 Å². The van der Waals surface area contributed by atoms with E-state index >= 15 is 0 Å². The topological polar surface area (TPSA) is 12.0 Å². The van der Waals surface area contributed by atoms with E-state index in [2.05, 4.69) is 41.9 Å². The Morgan fingerprint density at radius 2 is 1.95 bits per heavy atom. The Kier molecular flexibility index (Phi) is 4.81. The van der Waals surface area contributed by atoms with Gasteiger partial charge in [-0.25, -0.2) is 0 Å². The Morgan fingerprint density at radius 3 is 2.75 bits per heavy atom. The highest BCUT2D eigenvalue weighted by Gasteiger charge is 1.96. The lowest BCUT2D eigenvalue weighted by Gasteiger charge is -1.99. The standard InChI is InChI=1S/C19H17N/c1-3-7-16(14-15-20-2)12-13-18-10-6-9-17-8-4-5-11-19(17)18/h3-11,14-15,20H,1H2,2H3/b15-14-,16-7-. The van der Waals surface area contributed by atoms with Gasteiger partial charge in [0.15, 0.2) is 0 Å².